The highest BCUT2D eigenvalue weighted by molar-refractivity contribution is 5.90. The number of hydrogen-bond acceptors (Lipinski definition) is 7. The molecule has 1 aromatic carbocycles. The number of aliphatic carboxylic acids is 1. The van der Waals surface area contributed by atoms with Gasteiger partial charge in [-0.3, -0.25) is 4.79 Å². The van der Waals surface area contributed by atoms with Gasteiger partial charge in [-0.2, -0.15) is 0 Å². The third-order valence-corrected chi connectivity index (χ3v) is 6.93. The van der Waals surface area contributed by atoms with E-state index in [0.29, 0.717) is 46.7 Å². The fraction of sp³-hybridized carbons (Fsp3) is 0.469. The lowest BCUT2D eigenvalue weighted by Gasteiger charge is -2.40. The first-order chi connectivity index (χ1) is 19.6. The second-order valence-electron chi connectivity index (χ2n) is 12.4. The number of aliphatic hydroxyl groups is 1. The molecule has 0 saturated carbocycles. The summed E-state index contributed by atoms with van der Waals surface area (Å²) in [6, 6.07) is 7.62. The summed E-state index contributed by atoms with van der Waals surface area (Å²) in [5.74, 6) is -2.05. The van der Waals surface area contributed by atoms with Gasteiger partial charge in [0.15, 0.2) is 5.82 Å². The van der Waals surface area contributed by atoms with Crippen LogP contribution in [0.2, 0.25) is 0 Å². The molecule has 3 heterocycles. The van der Waals surface area contributed by atoms with Crippen molar-refractivity contribution < 1.29 is 28.5 Å². The molecular formula is C32H42F2N4O4. The first-order valence-electron chi connectivity index (χ1n) is 14.1. The van der Waals surface area contributed by atoms with Crippen molar-refractivity contribution in [3.05, 3.63) is 65.0 Å². The van der Waals surface area contributed by atoms with E-state index in [0.717, 1.165) is 12.8 Å². The van der Waals surface area contributed by atoms with E-state index >= 15 is 4.39 Å². The van der Waals surface area contributed by atoms with Crippen LogP contribution in [0.15, 0.2) is 36.5 Å². The molecule has 10 heteroatoms. The van der Waals surface area contributed by atoms with E-state index in [1.54, 1.807) is 45.9 Å². The summed E-state index contributed by atoms with van der Waals surface area (Å²) < 4.78 is 34.4. The van der Waals surface area contributed by atoms with Crippen molar-refractivity contribution in [3.8, 4) is 17.0 Å². The van der Waals surface area contributed by atoms with Gasteiger partial charge in [-0.05, 0) is 63.6 Å². The lowest BCUT2D eigenvalue weighted by atomic mass is 9.82. The van der Waals surface area contributed by atoms with Crippen molar-refractivity contribution in [2.45, 2.75) is 72.8 Å². The minimum absolute atomic E-state index is 0.0516. The topological polar surface area (TPSA) is 122 Å². The Morgan fingerprint density at radius 3 is 2.33 bits per heavy atom. The lowest BCUT2D eigenvalue weighted by Crippen LogP contribution is -2.38. The lowest BCUT2D eigenvalue weighted by molar-refractivity contribution is -0.136. The maximum Gasteiger partial charge on any atom is 0.307 e. The van der Waals surface area contributed by atoms with Crippen LogP contribution in [0.5, 0.6) is 5.88 Å². The first-order valence-corrected chi connectivity index (χ1v) is 14.1. The van der Waals surface area contributed by atoms with Crippen molar-refractivity contribution in [2.24, 2.45) is 5.41 Å². The number of carboxylic acids is 1. The highest BCUT2D eigenvalue weighted by atomic mass is 19.1. The number of hydrogen-bond donors (Lipinski definition) is 3. The number of ether oxygens (including phenoxy) is 1. The largest absolute Gasteiger partial charge is 0.481 e. The molecule has 0 atom stereocenters. The Morgan fingerprint density at radius 1 is 1.14 bits per heavy atom. The van der Waals surface area contributed by atoms with Crippen molar-refractivity contribution in [2.75, 3.05) is 30.3 Å². The van der Waals surface area contributed by atoms with Crippen LogP contribution in [0.1, 0.15) is 64.3 Å². The Balaban J connectivity index is 0.000000892. The second kappa shape index (κ2) is 13.5. The van der Waals surface area contributed by atoms with Crippen LogP contribution in [0, 0.1) is 24.0 Å². The summed E-state index contributed by atoms with van der Waals surface area (Å²) in [5.41, 5.74) is 9.10. The number of aryl methyl sites for hydroxylation is 1. The smallest absolute Gasteiger partial charge is 0.307 e. The molecule has 2 aromatic heterocycles. The van der Waals surface area contributed by atoms with Gasteiger partial charge in [-0.15, -0.1) is 0 Å². The van der Waals surface area contributed by atoms with Gasteiger partial charge in [0.25, 0.3) is 0 Å². The number of carboxylic acid groups (broad SMARTS) is 1. The maximum atomic E-state index is 15.1. The number of carbonyl (C=O) groups is 1. The quantitative estimate of drug-likeness (QED) is 0.296. The monoisotopic (exact) mass is 584 g/mol. The second-order valence-corrected chi connectivity index (χ2v) is 12.4. The first kappa shape index (κ1) is 32.7. The molecule has 1 fully saturated rings. The summed E-state index contributed by atoms with van der Waals surface area (Å²) in [4.78, 5) is 22.4. The summed E-state index contributed by atoms with van der Waals surface area (Å²) in [6.07, 6.45) is 3.32. The number of pyridine rings is 2. The van der Waals surface area contributed by atoms with Gasteiger partial charge in [0.2, 0.25) is 5.88 Å². The zero-order valence-corrected chi connectivity index (χ0v) is 25.3. The Morgan fingerprint density at radius 2 is 1.76 bits per heavy atom. The molecule has 0 unspecified atom stereocenters. The van der Waals surface area contributed by atoms with Gasteiger partial charge < -0.3 is 25.6 Å². The number of halogens is 2. The van der Waals surface area contributed by atoms with Gasteiger partial charge in [0.05, 0.1) is 24.3 Å². The van der Waals surface area contributed by atoms with Crippen LogP contribution in [0.25, 0.3) is 11.1 Å². The molecule has 1 saturated heterocycles. The van der Waals surface area contributed by atoms with E-state index in [2.05, 4.69) is 28.7 Å². The molecule has 1 aliphatic heterocycles. The highest BCUT2D eigenvalue weighted by Gasteiger charge is 2.31. The molecule has 0 bridgehead atoms. The molecule has 3 aromatic rings. The van der Waals surface area contributed by atoms with Gasteiger partial charge in [-0.25, -0.2) is 18.7 Å². The molecule has 0 aliphatic carbocycles. The summed E-state index contributed by atoms with van der Waals surface area (Å²) in [5, 5.41) is 18.1. The molecule has 0 spiro atoms. The van der Waals surface area contributed by atoms with E-state index in [1.165, 1.54) is 18.3 Å². The molecule has 8 nitrogen and oxygen atoms in total. The van der Waals surface area contributed by atoms with Crippen LogP contribution < -0.4 is 15.4 Å². The molecule has 42 heavy (non-hydrogen) atoms. The Hall–Kier alpha value is -3.79. The average molecular weight is 585 g/mol. The molecule has 4 N–H and O–H groups in total. The van der Waals surface area contributed by atoms with Crippen LogP contribution in [-0.2, 0) is 17.6 Å². The number of anilines is 2. The molecule has 228 valence electrons. The Bertz CT molecular complexity index is 1390. The normalized spacial score (nSPS) is 14.6. The highest BCUT2D eigenvalue weighted by Crippen LogP contribution is 2.42. The van der Waals surface area contributed by atoms with Gasteiger partial charge in [0, 0.05) is 48.1 Å². The average Bonchev–Trinajstić information content (AvgIpc) is 2.86. The van der Waals surface area contributed by atoms with E-state index in [9.17, 15) is 14.3 Å². The fourth-order valence-corrected chi connectivity index (χ4v) is 4.71. The van der Waals surface area contributed by atoms with Crippen molar-refractivity contribution in [1.82, 2.24) is 9.97 Å². The zero-order chi connectivity index (χ0) is 31.2. The predicted octanol–water partition coefficient (Wildman–Crippen LogP) is 5.96. The standard InChI is InChI=1S/C28H32F2N4O3.C4H10O/c1-17-20(15-23(35)36)25(34-11-9-28(2,3)10-12-34)24(26(31)33-17)19-14-22(30)27(32-16-19)37-13-8-18-6-4-5-7-21(18)29;1-4(2,3)5/h4-7,14,16H,8-13,15H2,1-3H3,(H2,31,33)(H,35,36);5H,1-3H3. The third kappa shape index (κ3) is 9.11. The number of nitrogen functional groups attached to an aromatic ring is 1. The van der Waals surface area contributed by atoms with Crippen molar-refractivity contribution in [1.29, 1.82) is 0 Å². The van der Waals surface area contributed by atoms with E-state index in [-0.39, 0.29) is 42.4 Å². The number of nitrogens with two attached hydrogens (primary N) is 1. The minimum atomic E-state index is -0.984. The summed E-state index contributed by atoms with van der Waals surface area (Å²) >= 11 is 0. The van der Waals surface area contributed by atoms with E-state index in [1.807, 2.05) is 0 Å². The minimum Gasteiger partial charge on any atom is -0.481 e. The Kier molecular flexibility index (Phi) is 10.5. The van der Waals surface area contributed by atoms with E-state index < -0.39 is 17.4 Å². The number of aromatic nitrogens is 2. The molecule has 4 rings (SSSR count). The van der Waals surface area contributed by atoms with Gasteiger partial charge >= 0.3 is 5.97 Å². The number of rotatable bonds is 8. The van der Waals surface area contributed by atoms with E-state index in [4.69, 9.17) is 15.6 Å². The molecule has 0 amide bonds. The summed E-state index contributed by atoms with van der Waals surface area (Å²) in [6.45, 7) is 12.9. The van der Waals surface area contributed by atoms with Crippen molar-refractivity contribution >= 4 is 17.5 Å². The van der Waals surface area contributed by atoms with Crippen LogP contribution in [0.4, 0.5) is 20.3 Å². The molecule has 1 aliphatic rings. The summed E-state index contributed by atoms with van der Waals surface area (Å²) in [7, 11) is 0. The molecular weight excluding hydrogens is 542 g/mol. The number of piperidine rings is 1. The zero-order valence-electron chi connectivity index (χ0n) is 25.3. The Labute approximate surface area is 246 Å². The number of nitrogens with zero attached hydrogens (tertiary/aromatic N) is 3. The van der Waals surface area contributed by atoms with Gasteiger partial charge in [-0.1, -0.05) is 32.0 Å². The predicted molar refractivity (Wildman–Crippen MR) is 161 cm³/mol. The van der Waals surface area contributed by atoms with Gasteiger partial charge in [0.1, 0.15) is 11.6 Å². The number of benzene rings is 1. The van der Waals surface area contributed by atoms with Crippen molar-refractivity contribution in [3.63, 3.8) is 0 Å². The maximum absolute atomic E-state index is 15.1. The molecule has 0 radical (unpaired) electrons. The van der Waals surface area contributed by atoms with Crippen LogP contribution >= 0.6 is 0 Å². The van der Waals surface area contributed by atoms with Crippen LogP contribution in [0.3, 0.4) is 0 Å². The third-order valence-electron chi connectivity index (χ3n) is 6.93. The fourth-order valence-electron chi connectivity index (χ4n) is 4.71. The van der Waals surface area contributed by atoms with Crippen LogP contribution in [-0.4, -0.2) is 51.4 Å². The SMILES string of the molecule is CC(C)(C)O.Cc1nc(N)c(-c2cnc(OCCc3ccccc3F)c(F)c2)c(N2CCC(C)(C)CC2)c1CC(=O)O.